The van der Waals surface area contributed by atoms with Gasteiger partial charge in [0.25, 0.3) is 5.91 Å². The van der Waals surface area contributed by atoms with Gasteiger partial charge in [-0.25, -0.2) is 9.97 Å². The predicted molar refractivity (Wildman–Crippen MR) is 78.8 cm³/mol. The largest absolute Gasteiger partial charge is 0.351 e. The van der Waals surface area contributed by atoms with E-state index in [0.717, 1.165) is 29.7 Å². The third-order valence-corrected chi connectivity index (χ3v) is 3.11. The third-order valence-electron chi connectivity index (χ3n) is 3.11. The molecule has 3 rings (SSSR count). The number of fused-ring (bicyclic) bond motifs is 1. The first-order valence-electron chi connectivity index (χ1n) is 6.81. The minimum Gasteiger partial charge on any atom is -0.351 e. The van der Waals surface area contributed by atoms with Crippen molar-refractivity contribution in [3.63, 3.8) is 0 Å². The van der Waals surface area contributed by atoms with Gasteiger partial charge < -0.3 is 10.3 Å². The lowest BCUT2D eigenvalue weighted by molar-refractivity contribution is 0.0948. The van der Waals surface area contributed by atoms with E-state index in [1.54, 1.807) is 6.20 Å². The lowest BCUT2D eigenvalue weighted by atomic mass is 10.3. The summed E-state index contributed by atoms with van der Waals surface area (Å²) in [7, 11) is 0. The van der Waals surface area contributed by atoms with E-state index in [1.165, 1.54) is 12.4 Å². The Kier molecular flexibility index (Phi) is 3.86. The van der Waals surface area contributed by atoms with Crippen molar-refractivity contribution in [3.05, 3.63) is 54.4 Å². The molecule has 2 aromatic heterocycles. The molecular weight excluding hydrogens is 266 g/mol. The lowest BCUT2D eigenvalue weighted by Gasteiger charge is -2.03. The van der Waals surface area contributed by atoms with Crippen molar-refractivity contribution in [2.75, 3.05) is 6.54 Å². The van der Waals surface area contributed by atoms with Crippen LogP contribution in [0.4, 0.5) is 0 Å². The molecule has 0 unspecified atom stereocenters. The summed E-state index contributed by atoms with van der Waals surface area (Å²) in [5.74, 6) is 0.734. The minimum atomic E-state index is -0.201. The van der Waals surface area contributed by atoms with Crippen molar-refractivity contribution in [1.29, 1.82) is 0 Å². The number of imidazole rings is 1. The Morgan fingerprint density at radius 3 is 2.95 bits per heavy atom. The zero-order chi connectivity index (χ0) is 14.5. The van der Waals surface area contributed by atoms with E-state index in [1.807, 2.05) is 24.3 Å². The molecule has 0 atom stereocenters. The van der Waals surface area contributed by atoms with E-state index >= 15 is 0 Å². The SMILES string of the molecule is O=C(NCCCc1nc2ccccc2[nH]1)c1cnccn1. The van der Waals surface area contributed by atoms with Crippen LogP contribution in [0.3, 0.4) is 0 Å². The average molecular weight is 281 g/mol. The van der Waals surface area contributed by atoms with Gasteiger partial charge in [-0.2, -0.15) is 0 Å². The van der Waals surface area contributed by atoms with Crippen LogP contribution in [0.1, 0.15) is 22.7 Å². The summed E-state index contributed by atoms with van der Waals surface area (Å²) in [6.45, 7) is 0.576. The Morgan fingerprint density at radius 2 is 2.14 bits per heavy atom. The molecule has 1 aromatic carbocycles. The van der Waals surface area contributed by atoms with Crippen LogP contribution in [0.15, 0.2) is 42.9 Å². The molecule has 0 saturated heterocycles. The molecular formula is C15H15N5O. The molecule has 0 aliphatic carbocycles. The van der Waals surface area contributed by atoms with Crippen molar-refractivity contribution < 1.29 is 4.79 Å². The third kappa shape index (κ3) is 3.22. The van der Waals surface area contributed by atoms with Crippen LogP contribution in [-0.4, -0.2) is 32.4 Å². The molecule has 0 saturated carbocycles. The molecule has 21 heavy (non-hydrogen) atoms. The molecule has 0 radical (unpaired) electrons. The number of H-pyrrole nitrogens is 1. The Hall–Kier alpha value is -2.76. The molecule has 1 amide bonds. The van der Waals surface area contributed by atoms with Crippen molar-refractivity contribution >= 4 is 16.9 Å². The number of carbonyl (C=O) groups is 1. The normalized spacial score (nSPS) is 10.7. The number of para-hydroxylation sites is 2. The van der Waals surface area contributed by atoms with E-state index in [4.69, 9.17) is 0 Å². The van der Waals surface area contributed by atoms with Gasteiger partial charge in [0.1, 0.15) is 11.5 Å². The fraction of sp³-hybridized carbons (Fsp3) is 0.200. The summed E-state index contributed by atoms with van der Waals surface area (Å²) in [5.41, 5.74) is 2.34. The van der Waals surface area contributed by atoms with Gasteiger partial charge in [0, 0.05) is 25.4 Å². The monoisotopic (exact) mass is 281 g/mol. The molecule has 106 valence electrons. The maximum Gasteiger partial charge on any atom is 0.271 e. The number of hydrogen-bond donors (Lipinski definition) is 2. The van der Waals surface area contributed by atoms with Gasteiger partial charge in [-0.05, 0) is 18.6 Å². The summed E-state index contributed by atoms with van der Waals surface area (Å²) in [6.07, 6.45) is 6.09. The van der Waals surface area contributed by atoms with E-state index in [0.29, 0.717) is 12.2 Å². The van der Waals surface area contributed by atoms with Gasteiger partial charge in [-0.1, -0.05) is 12.1 Å². The van der Waals surface area contributed by atoms with Crippen LogP contribution in [0.5, 0.6) is 0 Å². The summed E-state index contributed by atoms with van der Waals surface area (Å²) < 4.78 is 0. The van der Waals surface area contributed by atoms with Crippen molar-refractivity contribution in [2.45, 2.75) is 12.8 Å². The van der Waals surface area contributed by atoms with Crippen molar-refractivity contribution in [3.8, 4) is 0 Å². The molecule has 0 spiro atoms. The summed E-state index contributed by atoms with van der Waals surface area (Å²) >= 11 is 0. The zero-order valence-corrected chi connectivity index (χ0v) is 11.4. The highest BCUT2D eigenvalue weighted by molar-refractivity contribution is 5.91. The van der Waals surface area contributed by atoms with Gasteiger partial charge in [-0.15, -0.1) is 0 Å². The number of aromatic amines is 1. The number of aromatic nitrogens is 4. The molecule has 0 aliphatic heterocycles. The highest BCUT2D eigenvalue weighted by Gasteiger charge is 2.06. The number of aryl methyl sites for hydroxylation is 1. The van der Waals surface area contributed by atoms with E-state index in [-0.39, 0.29) is 5.91 Å². The van der Waals surface area contributed by atoms with Crippen LogP contribution in [0.2, 0.25) is 0 Å². The standard InChI is InChI=1S/C15H15N5O/c21-15(13-10-16-8-9-17-13)18-7-3-6-14-19-11-4-1-2-5-12(11)20-14/h1-2,4-5,8-10H,3,6-7H2,(H,18,21)(H,19,20). The molecule has 2 N–H and O–H groups in total. The fourth-order valence-electron chi connectivity index (χ4n) is 2.09. The maximum atomic E-state index is 11.8. The second-order valence-corrected chi connectivity index (χ2v) is 4.65. The number of amides is 1. The van der Waals surface area contributed by atoms with E-state index < -0.39 is 0 Å². The second kappa shape index (κ2) is 6.13. The van der Waals surface area contributed by atoms with Crippen LogP contribution in [-0.2, 0) is 6.42 Å². The fourth-order valence-corrected chi connectivity index (χ4v) is 2.09. The first-order valence-corrected chi connectivity index (χ1v) is 6.81. The predicted octanol–water partition coefficient (Wildman–Crippen LogP) is 1.72. The number of benzene rings is 1. The first kappa shape index (κ1) is 13.2. The topological polar surface area (TPSA) is 83.6 Å². The number of nitrogens with zero attached hydrogens (tertiary/aromatic N) is 3. The average Bonchev–Trinajstić information content (AvgIpc) is 2.95. The van der Waals surface area contributed by atoms with Crippen LogP contribution < -0.4 is 5.32 Å². The van der Waals surface area contributed by atoms with Gasteiger partial charge in [0.2, 0.25) is 0 Å². The van der Waals surface area contributed by atoms with Gasteiger partial charge in [-0.3, -0.25) is 9.78 Å². The number of nitrogens with one attached hydrogen (secondary N) is 2. The summed E-state index contributed by atoms with van der Waals surface area (Å²) in [5, 5.41) is 2.82. The lowest BCUT2D eigenvalue weighted by Crippen LogP contribution is -2.25. The quantitative estimate of drug-likeness (QED) is 0.697. The molecule has 0 bridgehead atoms. The summed E-state index contributed by atoms with van der Waals surface area (Å²) in [6, 6.07) is 7.92. The van der Waals surface area contributed by atoms with Crippen LogP contribution in [0, 0.1) is 0 Å². The summed E-state index contributed by atoms with van der Waals surface area (Å²) in [4.78, 5) is 27.3. The van der Waals surface area contributed by atoms with E-state index in [2.05, 4.69) is 25.3 Å². The van der Waals surface area contributed by atoms with Crippen LogP contribution >= 0.6 is 0 Å². The minimum absolute atomic E-state index is 0.201. The Balaban J connectivity index is 1.49. The maximum absolute atomic E-state index is 11.8. The highest BCUT2D eigenvalue weighted by atomic mass is 16.1. The molecule has 0 fully saturated rings. The van der Waals surface area contributed by atoms with Gasteiger partial charge in [0.15, 0.2) is 0 Å². The smallest absolute Gasteiger partial charge is 0.271 e. The molecule has 3 aromatic rings. The van der Waals surface area contributed by atoms with Gasteiger partial charge in [0.05, 0.1) is 17.2 Å². The Labute approximate surface area is 121 Å². The first-order chi connectivity index (χ1) is 10.3. The van der Waals surface area contributed by atoms with Crippen LogP contribution in [0.25, 0.3) is 11.0 Å². The van der Waals surface area contributed by atoms with Crippen molar-refractivity contribution in [2.24, 2.45) is 0 Å². The Bertz CT molecular complexity index is 705. The number of rotatable bonds is 5. The molecule has 2 heterocycles. The zero-order valence-electron chi connectivity index (χ0n) is 11.4. The number of hydrogen-bond acceptors (Lipinski definition) is 4. The van der Waals surface area contributed by atoms with Gasteiger partial charge >= 0.3 is 0 Å². The molecule has 6 nitrogen and oxygen atoms in total. The second-order valence-electron chi connectivity index (χ2n) is 4.65. The highest BCUT2D eigenvalue weighted by Crippen LogP contribution is 2.11. The number of carbonyl (C=O) groups excluding carboxylic acids is 1. The van der Waals surface area contributed by atoms with E-state index in [9.17, 15) is 4.79 Å². The molecule has 6 heteroatoms. The molecule has 0 aliphatic rings. The Morgan fingerprint density at radius 1 is 1.24 bits per heavy atom. The van der Waals surface area contributed by atoms with Crippen molar-refractivity contribution in [1.82, 2.24) is 25.3 Å².